The number of alkyl halides is 3. The molecule has 26 heavy (non-hydrogen) atoms. The van der Waals surface area contributed by atoms with Gasteiger partial charge < -0.3 is 15.1 Å². The fourth-order valence-electron chi connectivity index (χ4n) is 4.94. The molecule has 0 saturated heterocycles. The van der Waals surface area contributed by atoms with Crippen LogP contribution in [0.4, 0.5) is 4.79 Å². The van der Waals surface area contributed by atoms with E-state index in [4.69, 9.17) is 34.8 Å². The highest BCUT2D eigenvalue weighted by Gasteiger charge is 2.57. The Hall–Kier alpha value is -0.680. The first kappa shape index (κ1) is 20.1. The fraction of sp³-hybridized carbons (Fsp3) is 0.632. The molecule has 1 amide bonds. The van der Waals surface area contributed by atoms with E-state index in [2.05, 4.69) is 12.1 Å². The minimum atomic E-state index is -1.65. The van der Waals surface area contributed by atoms with Gasteiger partial charge in [0.05, 0.1) is 12.1 Å². The average Bonchev–Trinajstić information content (AvgIpc) is 3.12. The summed E-state index contributed by atoms with van der Waals surface area (Å²) in [4.78, 5) is 12.5. The van der Waals surface area contributed by atoms with E-state index in [0.717, 1.165) is 30.6 Å². The van der Waals surface area contributed by atoms with Crippen LogP contribution < -0.4 is 0 Å². The van der Waals surface area contributed by atoms with E-state index in [1.807, 2.05) is 12.1 Å². The molecule has 2 aliphatic rings. The number of amides is 1. The van der Waals surface area contributed by atoms with Crippen LogP contribution in [0.15, 0.2) is 24.3 Å². The molecule has 0 bridgehead atoms. The maximum absolute atomic E-state index is 11.6. The zero-order chi connectivity index (χ0) is 19.0. The Morgan fingerprint density at radius 1 is 1.19 bits per heavy atom. The van der Waals surface area contributed by atoms with Crippen LogP contribution in [0.5, 0.6) is 0 Å². The molecule has 0 aromatic heterocycles. The minimum absolute atomic E-state index is 0.184. The van der Waals surface area contributed by atoms with Gasteiger partial charge in [0.25, 0.3) is 0 Å². The normalized spacial score (nSPS) is 24.0. The molecule has 1 unspecified atom stereocenters. The van der Waals surface area contributed by atoms with Crippen molar-refractivity contribution < 1.29 is 15.0 Å². The second-order valence-corrected chi connectivity index (χ2v) is 10.1. The molecule has 0 aliphatic heterocycles. The molecular formula is C19H24Cl3NO3. The van der Waals surface area contributed by atoms with Crippen LogP contribution in [0.1, 0.15) is 49.7 Å². The van der Waals surface area contributed by atoms with Gasteiger partial charge in [-0.15, -0.1) is 0 Å². The van der Waals surface area contributed by atoms with Gasteiger partial charge in [-0.3, -0.25) is 0 Å². The van der Waals surface area contributed by atoms with E-state index in [-0.39, 0.29) is 18.5 Å². The van der Waals surface area contributed by atoms with Crippen LogP contribution in [0, 0.1) is 0 Å². The van der Waals surface area contributed by atoms with Crippen LogP contribution in [0.2, 0.25) is 0 Å². The van der Waals surface area contributed by atoms with Gasteiger partial charge in [0, 0.05) is 18.4 Å². The number of fused-ring (bicyclic) bond motifs is 2. The fourth-order valence-corrected chi connectivity index (χ4v) is 5.37. The molecule has 1 fully saturated rings. The molecule has 0 radical (unpaired) electrons. The summed E-state index contributed by atoms with van der Waals surface area (Å²) < 4.78 is -1.65. The number of halogens is 3. The lowest BCUT2D eigenvalue weighted by molar-refractivity contribution is -0.0355. The highest BCUT2D eigenvalue weighted by atomic mass is 35.6. The first-order valence-electron chi connectivity index (χ1n) is 9.02. The quantitative estimate of drug-likeness (QED) is 0.665. The number of benzene rings is 1. The Labute approximate surface area is 169 Å². The zero-order valence-corrected chi connectivity index (χ0v) is 16.8. The lowest BCUT2D eigenvalue weighted by Crippen LogP contribution is -2.48. The van der Waals surface area contributed by atoms with Crippen molar-refractivity contribution in [2.24, 2.45) is 0 Å². The Balaban J connectivity index is 1.72. The molecule has 1 aromatic carbocycles. The smallest absolute Gasteiger partial charge is 0.407 e. The lowest BCUT2D eigenvalue weighted by Gasteiger charge is -2.41. The molecule has 0 heterocycles. The van der Waals surface area contributed by atoms with E-state index in [1.54, 1.807) is 0 Å². The Kier molecular flexibility index (Phi) is 5.70. The maximum atomic E-state index is 11.6. The second-order valence-electron chi connectivity index (χ2n) is 7.58. The standard InChI is InChI=1S/C19H24Cl3NO3/c20-19(21,22)13-23(16(24)25)11-5-10-18(26)12-14-6-1-2-7-15(14)17(18)8-3-4-9-17/h1-2,6-7,26H,3-5,8-13H2,(H,24,25). The van der Waals surface area contributed by atoms with Gasteiger partial charge in [-0.1, -0.05) is 71.9 Å². The van der Waals surface area contributed by atoms with Gasteiger partial charge >= 0.3 is 6.09 Å². The van der Waals surface area contributed by atoms with Gasteiger partial charge in [0.2, 0.25) is 3.79 Å². The lowest BCUT2D eigenvalue weighted by atomic mass is 9.68. The molecule has 1 aromatic rings. The first-order valence-corrected chi connectivity index (χ1v) is 10.2. The zero-order valence-electron chi connectivity index (χ0n) is 14.6. The predicted molar refractivity (Wildman–Crippen MR) is 104 cm³/mol. The van der Waals surface area contributed by atoms with Crippen molar-refractivity contribution in [3.05, 3.63) is 35.4 Å². The monoisotopic (exact) mass is 419 g/mol. The number of carboxylic acid groups (broad SMARTS) is 1. The van der Waals surface area contributed by atoms with Crippen LogP contribution in [0.3, 0.4) is 0 Å². The van der Waals surface area contributed by atoms with Crippen molar-refractivity contribution in [2.45, 2.75) is 59.8 Å². The molecule has 1 saturated carbocycles. The van der Waals surface area contributed by atoms with Crippen molar-refractivity contribution in [2.75, 3.05) is 13.1 Å². The largest absolute Gasteiger partial charge is 0.465 e. The Bertz CT molecular complexity index is 670. The molecule has 2 N–H and O–H groups in total. The molecular weight excluding hydrogens is 397 g/mol. The van der Waals surface area contributed by atoms with Gasteiger partial charge in [-0.05, 0) is 36.8 Å². The number of hydrogen-bond acceptors (Lipinski definition) is 2. The van der Waals surface area contributed by atoms with Crippen LogP contribution in [-0.4, -0.2) is 43.7 Å². The number of nitrogens with zero attached hydrogens (tertiary/aromatic N) is 1. The highest BCUT2D eigenvalue weighted by Crippen LogP contribution is 2.56. The Morgan fingerprint density at radius 2 is 1.85 bits per heavy atom. The molecule has 2 aliphatic carbocycles. The molecule has 7 heteroatoms. The van der Waals surface area contributed by atoms with Crippen LogP contribution >= 0.6 is 34.8 Å². The summed E-state index contributed by atoms with van der Waals surface area (Å²) in [6.45, 7) is 0.0504. The van der Waals surface area contributed by atoms with E-state index < -0.39 is 15.5 Å². The number of rotatable bonds is 5. The summed E-state index contributed by atoms with van der Waals surface area (Å²) in [6, 6.07) is 8.29. The average molecular weight is 421 g/mol. The summed E-state index contributed by atoms with van der Waals surface area (Å²) in [5.74, 6) is 0. The van der Waals surface area contributed by atoms with Crippen LogP contribution in [-0.2, 0) is 11.8 Å². The maximum Gasteiger partial charge on any atom is 0.407 e. The van der Waals surface area contributed by atoms with Crippen molar-refractivity contribution in [1.29, 1.82) is 0 Å². The number of aliphatic hydroxyl groups is 1. The molecule has 144 valence electrons. The van der Waals surface area contributed by atoms with E-state index >= 15 is 0 Å². The minimum Gasteiger partial charge on any atom is -0.465 e. The third-order valence-corrected chi connectivity index (χ3v) is 6.38. The Morgan fingerprint density at radius 3 is 2.46 bits per heavy atom. The third-order valence-electron chi connectivity index (χ3n) is 6.02. The summed E-state index contributed by atoms with van der Waals surface area (Å²) >= 11 is 17.2. The summed E-state index contributed by atoms with van der Waals surface area (Å²) in [5.41, 5.74) is 1.45. The first-order chi connectivity index (χ1) is 12.2. The summed E-state index contributed by atoms with van der Waals surface area (Å²) in [7, 11) is 0. The molecule has 1 spiro atoms. The molecule has 4 nitrogen and oxygen atoms in total. The van der Waals surface area contributed by atoms with E-state index in [1.165, 1.54) is 11.1 Å². The third kappa shape index (κ3) is 3.80. The molecule has 3 rings (SSSR count). The van der Waals surface area contributed by atoms with Gasteiger partial charge in [-0.2, -0.15) is 0 Å². The number of hydrogen-bond donors (Lipinski definition) is 2. The summed E-state index contributed by atoms with van der Waals surface area (Å²) in [6.07, 6.45) is 4.77. The van der Waals surface area contributed by atoms with E-state index in [0.29, 0.717) is 19.3 Å². The van der Waals surface area contributed by atoms with Gasteiger partial charge in [0.15, 0.2) is 0 Å². The topological polar surface area (TPSA) is 60.8 Å². The van der Waals surface area contributed by atoms with Crippen molar-refractivity contribution >= 4 is 40.9 Å². The van der Waals surface area contributed by atoms with Gasteiger partial charge in [-0.25, -0.2) is 4.79 Å². The van der Waals surface area contributed by atoms with E-state index in [9.17, 15) is 15.0 Å². The predicted octanol–water partition coefficient (Wildman–Crippen LogP) is 4.92. The SMILES string of the molecule is O=C(O)N(CCCC1(O)Cc2ccccc2C12CCCC2)CC(Cl)(Cl)Cl. The van der Waals surface area contributed by atoms with Crippen molar-refractivity contribution in [3.8, 4) is 0 Å². The van der Waals surface area contributed by atoms with Crippen molar-refractivity contribution in [3.63, 3.8) is 0 Å². The van der Waals surface area contributed by atoms with Crippen molar-refractivity contribution in [1.82, 2.24) is 4.90 Å². The second kappa shape index (κ2) is 7.38. The summed E-state index contributed by atoms with van der Waals surface area (Å²) in [5, 5.41) is 20.9. The van der Waals surface area contributed by atoms with Gasteiger partial charge in [0.1, 0.15) is 0 Å². The van der Waals surface area contributed by atoms with Crippen LogP contribution in [0.25, 0.3) is 0 Å². The number of carbonyl (C=O) groups is 1. The molecule has 1 atom stereocenters. The highest BCUT2D eigenvalue weighted by molar-refractivity contribution is 6.67.